The zero-order valence-corrected chi connectivity index (χ0v) is 14.2. The molecule has 6 nitrogen and oxygen atoms in total. The molecule has 0 fully saturated rings. The zero-order valence-electron chi connectivity index (χ0n) is 13.4. The van der Waals surface area contributed by atoms with Gasteiger partial charge in [0, 0.05) is 42.5 Å². The molecule has 126 valence electrons. The first kappa shape index (κ1) is 16.5. The maximum atomic E-state index is 12.4. The molecule has 1 amide bonds. The van der Waals surface area contributed by atoms with Crippen molar-refractivity contribution in [1.29, 1.82) is 0 Å². The van der Waals surface area contributed by atoms with E-state index in [0.717, 1.165) is 18.5 Å². The molecule has 1 aromatic heterocycles. The van der Waals surface area contributed by atoms with Crippen molar-refractivity contribution < 1.29 is 9.63 Å². The molecule has 1 aliphatic heterocycles. The molecular formula is C17H19ClN4O2. The molecule has 1 unspecified atom stereocenters. The van der Waals surface area contributed by atoms with Crippen LogP contribution in [0.3, 0.4) is 0 Å². The highest BCUT2D eigenvalue weighted by Crippen LogP contribution is 2.29. The largest absolute Gasteiger partial charge is 0.379 e. The van der Waals surface area contributed by atoms with E-state index >= 15 is 0 Å². The van der Waals surface area contributed by atoms with Crippen molar-refractivity contribution in [2.24, 2.45) is 5.16 Å². The van der Waals surface area contributed by atoms with Gasteiger partial charge in [0.05, 0.1) is 12.0 Å². The summed E-state index contributed by atoms with van der Waals surface area (Å²) in [5.74, 6) is -0.168. The fourth-order valence-corrected chi connectivity index (χ4v) is 2.82. The lowest BCUT2D eigenvalue weighted by Crippen LogP contribution is -2.45. The first-order chi connectivity index (χ1) is 11.6. The summed E-state index contributed by atoms with van der Waals surface area (Å²) in [6.45, 7) is 3.11. The molecule has 3 rings (SSSR count). The predicted octanol–water partition coefficient (Wildman–Crippen LogP) is 2.63. The van der Waals surface area contributed by atoms with Crippen LogP contribution in [0.25, 0.3) is 0 Å². The van der Waals surface area contributed by atoms with Gasteiger partial charge in [-0.25, -0.2) is 4.98 Å². The van der Waals surface area contributed by atoms with Gasteiger partial charge in [0.25, 0.3) is 5.91 Å². The van der Waals surface area contributed by atoms with E-state index in [0.29, 0.717) is 23.7 Å². The summed E-state index contributed by atoms with van der Waals surface area (Å²) in [7, 11) is 0. The maximum Gasteiger partial charge on any atom is 0.267 e. The first-order valence-electron chi connectivity index (χ1n) is 7.82. The summed E-state index contributed by atoms with van der Waals surface area (Å²) in [5, 5.41) is 7.58. The van der Waals surface area contributed by atoms with Gasteiger partial charge in [-0.15, -0.1) is 0 Å². The number of carbonyl (C=O) groups is 1. The van der Waals surface area contributed by atoms with Crippen LogP contribution >= 0.6 is 11.6 Å². The highest BCUT2D eigenvalue weighted by molar-refractivity contribution is 6.34. The molecule has 0 saturated carbocycles. The molecule has 0 spiro atoms. The molecule has 0 bridgehead atoms. The van der Waals surface area contributed by atoms with E-state index in [1.807, 2.05) is 29.0 Å². The van der Waals surface area contributed by atoms with Crippen molar-refractivity contribution in [3.63, 3.8) is 0 Å². The minimum Gasteiger partial charge on any atom is -0.379 e. The second-order valence-corrected chi connectivity index (χ2v) is 6.33. The van der Waals surface area contributed by atoms with Crippen LogP contribution in [0.15, 0.2) is 48.1 Å². The highest BCUT2D eigenvalue weighted by atomic mass is 35.5. The van der Waals surface area contributed by atoms with E-state index in [1.54, 1.807) is 25.5 Å². The van der Waals surface area contributed by atoms with Crippen molar-refractivity contribution in [2.45, 2.75) is 31.9 Å². The van der Waals surface area contributed by atoms with Gasteiger partial charge in [-0.1, -0.05) is 35.0 Å². The molecule has 2 heterocycles. The fourth-order valence-electron chi connectivity index (χ4n) is 2.57. The average molecular weight is 347 g/mol. The minimum atomic E-state index is -0.997. The molecule has 1 N–H and O–H groups in total. The molecule has 7 heteroatoms. The second-order valence-electron chi connectivity index (χ2n) is 5.93. The third-order valence-electron chi connectivity index (χ3n) is 3.97. The molecule has 0 radical (unpaired) electrons. The Morgan fingerprint density at radius 1 is 1.46 bits per heavy atom. The molecule has 1 aliphatic rings. The van der Waals surface area contributed by atoms with Gasteiger partial charge in [0.15, 0.2) is 0 Å². The van der Waals surface area contributed by atoms with Crippen LogP contribution in [0.4, 0.5) is 0 Å². The summed E-state index contributed by atoms with van der Waals surface area (Å²) in [5.41, 5.74) is 0.497. The van der Waals surface area contributed by atoms with Crippen molar-refractivity contribution in [2.75, 3.05) is 6.54 Å². The number of hydrogen-bond donors (Lipinski definition) is 1. The lowest BCUT2D eigenvalue weighted by molar-refractivity contribution is -0.141. The highest BCUT2D eigenvalue weighted by Gasteiger charge is 2.42. The first-order valence-corrected chi connectivity index (χ1v) is 8.20. The number of amides is 1. The Labute approximate surface area is 145 Å². The van der Waals surface area contributed by atoms with Gasteiger partial charge < -0.3 is 14.7 Å². The normalized spacial score (nSPS) is 19.7. The summed E-state index contributed by atoms with van der Waals surface area (Å²) >= 11 is 6.18. The Bertz CT molecular complexity index is 745. The van der Waals surface area contributed by atoms with Gasteiger partial charge >= 0.3 is 0 Å². The van der Waals surface area contributed by atoms with E-state index in [1.165, 1.54) is 0 Å². The van der Waals surface area contributed by atoms with E-state index in [4.69, 9.17) is 16.4 Å². The van der Waals surface area contributed by atoms with Crippen LogP contribution < -0.4 is 5.32 Å². The Kier molecular flexibility index (Phi) is 4.85. The number of aromatic nitrogens is 2. The number of halogens is 1. The van der Waals surface area contributed by atoms with Crippen LogP contribution in [-0.2, 0) is 16.2 Å². The molecule has 1 aromatic carbocycles. The van der Waals surface area contributed by atoms with E-state index < -0.39 is 5.60 Å². The number of carbonyl (C=O) groups excluding carboxylic acids is 1. The smallest absolute Gasteiger partial charge is 0.267 e. The Morgan fingerprint density at radius 3 is 3.04 bits per heavy atom. The summed E-state index contributed by atoms with van der Waals surface area (Å²) in [6, 6.07) is 7.41. The monoisotopic (exact) mass is 346 g/mol. The second kappa shape index (κ2) is 7.05. The SMILES string of the molecule is CC1(C(=O)NCCCn2ccnc2)CC(c2ccccc2Cl)=NO1. The summed E-state index contributed by atoms with van der Waals surface area (Å²) < 4.78 is 1.97. The molecule has 0 aliphatic carbocycles. The number of imidazole rings is 1. The molecule has 0 saturated heterocycles. The standard InChI is InChI=1S/C17H19ClN4O2/c1-17(16(23)20-7-4-9-22-10-8-19-12-22)11-15(21-24-17)13-5-2-3-6-14(13)18/h2-3,5-6,8,10,12H,4,7,9,11H2,1H3,(H,20,23). The predicted molar refractivity (Wildman–Crippen MR) is 91.9 cm³/mol. The number of oxime groups is 1. The number of rotatable bonds is 6. The van der Waals surface area contributed by atoms with Crippen LogP contribution in [-0.4, -0.2) is 33.3 Å². The van der Waals surface area contributed by atoms with E-state index in [9.17, 15) is 4.79 Å². The fraction of sp³-hybridized carbons (Fsp3) is 0.353. The minimum absolute atomic E-state index is 0.168. The van der Waals surface area contributed by atoms with Gasteiger partial charge in [0.2, 0.25) is 5.60 Å². The third-order valence-corrected chi connectivity index (χ3v) is 4.29. The zero-order chi connectivity index (χ0) is 17.0. The molecule has 1 atom stereocenters. The van der Waals surface area contributed by atoms with Crippen molar-refractivity contribution in [3.05, 3.63) is 53.6 Å². The van der Waals surface area contributed by atoms with Crippen molar-refractivity contribution in [1.82, 2.24) is 14.9 Å². The van der Waals surface area contributed by atoms with Crippen LogP contribution in [0, 0.1) is 0 Å². The van der Waals surface area contributed by atoms with E-state index in [2.05, 4.69) is 15.5 Å². The number of nitrogens with one attached hydrogen (secondary N) is 1. The van der Waals surface area contributed by atoms with Crippen LogP contribution in [0.5, 0.6) is 0 Å². The number of hydrogen-bond acceptors (Lipinski definition) is 4. The Hall–Kier alpha value is -2.34. The van der Waals surface area contributed by atoms with Crippen molar-refractivity contribution >= 4 is 23.2 Å². The summed E-state index contributed by atoms with van der Waals surface area (Å²) in [4.78, 5) is 21.8. The third kappa shape index (κ3) is 3.59. The van der Waals surface area contributed by atoms with Gasteiger partial charge in [-0.2, -0.15) is 0 Å². The van der Waals surface area contributed by atoms with E-state index in [-0.39, 0.29) is 5.91 Å². The quantitative estimate of drug-likeness (QED) is 0.817. The lowest BCUT2D eigenvalue weighted by atomic mass is 9.95. The topological polar surface area (TPSA) is 68.5 Å². The molecular weight excluding hydrogens is 328 g/mol. The Morgan fingerprint density at radius 2 is 2.29 bits per heavy atom. The van der Waals surface area contributed by atoms with Crippen molar-refractivity contribution in [3.8, 4) is 0 Å². The average Bonchev–Trinajstić information content (AvgIpc) is 3.22. The number of nitrogens with zero attached hydrogens (tertiary/aromatic N) is 3. The lowest BCUT2D eigenvalue weighted by Gasteiger charge is -2.20. The Balaban J connectivity index is 1.51. The number of benzene rings is 1. The summed E-state index contributed by atoms with van der Waals surface area (Å²) in [6.07, 6.45) is 6.60. The maximum absolute atomic E-state index is 12.4. The number of aryl methyl sites for hydroxylation is 1. The van der Waals surface area contributed by atoms with Gasteiger partial charge in [0.1, 0.15) is 0 Å². The molecule has 24 heavy (non-hydrogen) atoms. The molecule has 2 aromatic rings. The van der Waals surface area contributed by atoms with Crippen LogP contribution in [0.1, 0.15) is 25.3 Å². The van der Waals surface area contributed by atoms with Gasteiger partial charge in [-0.3, -0.25) is 4.79 Å². The van der Waals surface area contributed by atoms with Crippen LogP contribution in [0.2, 0.25) is 5.02 Å². The van der Waals surface area contributed by atoms with Gasteiger partial charge in [-0.05, 0) is 19.4 Å².